The Hall–Kier alpha value is -3.80. The van der Waals surface area contributed by atoms with E-state index in [-0.39, 0.29) is 17.3 Å². The molecule has 1 aromatic heterocycles. The normalized spacial score (nSPS) is 16.4. The molecule has 0 aliphatic carbocycles. The van der Waals surface area contributed by atoms with E-state index in [4.69, 9.17) is 9.15 Å². The predicted octanol–water partition coefficient (Wildman–Crippen LogP) is 5.20. The van der Waals surface area contributed by atoms with E-state index in [0.717, 1.165) is 0 Å². The molecule has 0 saturated carbocycles. The van der Waals surface area contributed by atoms with Gasteiger partial charge < -0.3 is 14.3 Å². The number of anilines is 1. The van der Waals surface area contributed by atoms with E-state index >= 15 is 0 Å². The minimum Gasteiger partial charge on any atom is -0.503 e. The number of ether oxygens (including phenoxy) is 1. The number of aliphatic hydroxyl groups is 1. The summed E-state index contributed by atoms with van der Waals surface area (Å²) < 4.78 is 11.3. The average Bonchev–Trinajstić information content (AvgIpc) is 3.36. The topological polar surface area (TPSA) is 80.0 Å². The molecule has 1 N–H and O–H groups in total. The van der Waals surface area contributed by atoms with Gasteiger partial charge in [0.1, 0.15) is 23.3 Å². The zero-order chi connectivity index (χ0) is 21.3. The summed E-state index contributed by atoms with van der Waals surface area (Å²) >= 11 is 0. The molecule has 1 aliphatic rings. The van der Waals surface area contributed by atoms with Crippen molar-refractivity contribution < 1.29 is 23.8 Å². The van der Waals surface area contributed by atoms with Gasteiger partial charge in [0, 0.05) is 11.6 Å². The van der Waals surface area contributed by atoms with Crippen molar-refractivity contribution in [1.82, 2.24) is 0 Å². The van der Waals surface area contributed by atoms with Gasteiger partial charge in [-0.2, -0.15) is 0 Å². The number of benzene rings is 2. The number of rotatable bonds is 6. The number of para-hydroxylation sites is 1. The van der Waals surface area contributed by atoms with Crippen LogP contribution in [0.15, 0.2) is 88.7 Å². The third-order valence-corrected chi connectivity index (χ3v) is 4.90. The minimum atomic E-state index is -0.830. The fraction of sp³-hybridized carbons (Fsp3) is 0.167. The number of Topliss-reactive ketones (excluding diaryl/α,β-unsaturated/α-hetero) is 1. The summed E-state index contributed by atoms with van der Waals surface area (Å²) in [4.78, 5) is 27.1. The van der Waals surface area contributed by atoms with Crippen LogP contribution in [0.5, 0.6) is 11.5 Å². The van der Waals surface area contributed by atoms with Crippen LogP contribution in [0.1, 0.15) is 25.6 Å². The lowest BCUT2D eigenvalue weighted by Gasteiger charge is -2.25. The van der Waals surface area contributed by atoms with Crippen LogP contribution in [0.25, 0.3) is 0 Å². The number of hydrogen-bond acceptors (Lipinski definition) is 5. The Bertz CT molecular complexity index is 1080. The summed E-state index contributed by atoms with van der Waals surface area (Å²) in [5, 5.41) is 10.5. The first-order valence-corrected chi connectivity index (χ1v) is 9.64. The van der Waals surface area contributed by atoms with E-state index in [1.54, 1.807) is 50.2 Å². The average molecular weight is 403 g/mol. The molecule has 1 amide bonds. The lowest BCUT2D eigenvalue weighted by molar-refractivity contribution is -0.119. The summed E-state index contributed by atoms with van der Waals surface area (Å²) in [5.41, 5.74) is 0.564. The Morgan fingerprint density at radius 3 is 2.27 bits per heavy atom. The van der Waals surface area contributed by atoms with Gasteiger partial charge in [-0.3, -0.25) is 14.5 Å². The van der Waals surface area contributed by atoms with Gasteiger partial charge in [0.15, 0.2) is 11.5 Å². The molecule has 4 rings (SSSR count). The van der Waals surface area contributed by atoms with Crippen molar-refractivity contribution in [1.29, 1.82) is 0 Å². The third-order valence-electron chi connectivity index (χ3n) is 4.90. The second-order valence-electron chi connectivity index (χ2n) is 7.28. The first kappa shape index (κ1) is 19.5. The fourth-order valence-electron chi connectivity index (χ4n) is 3.45. The molecule has 2 aromatic carbocycles. The number of ketones is 1. The molecular formula is C24H21NO5. The van der Waals surface area contributed by atoms with Crippen LogP contribution >= 0.6 is 0 Å². The summed E-state index contributed by atoms with van der Waals surface area (Å²) in [6.07, 6.45) is 1.47. The molecule has 1 aliphatic heterocycles. The quantitative estimate of drug-likeness (QED) is 0.612. The molecule has 30 heavy (non-hydrogen) atoms. The Balaban J connectivity index is 1.69. The first-order valence-electron chi connectivity index (χ1n) is 9.64. The largest absolute Gasteiger partial charge is 0.503 e. The summed E-state index contributed by atoms with van der Waals surface area (Å²) in [7, 11) is 0. The second kappa shape index (κ2) is 7.91. The Labute approximate surface area is 174 Å². The van der Waals surface area contributed by atoms with Crippen molar-refractivity contribution in [3.05, 3.63) is 90.1 Å². The van der Waals surface area contributed by atoms with Gasteiger partial charge >= 0.3 is 0 Å². The Morgan fingerprint density at radius 2 is 1.67 bits per heavy atom. The van der Waals surface area contributed by atoms with Gasteiger partial charge in [0.2, 0.25) is 0 Å². The second-order valence-corrected chi connectivity index (χ2v) is 7.28. The maximum atomic E-state index is 12.9. The molecule has 6 nitrogen and oxygen atoms in total. The number of aliphatic hydroxyl groups excluding tert-OH is 1. The van der Waals surface area contributed by atoms with Crippen molar-refractivity contribution >= 4 is 17.4 Å². The maximum absolute atomic E-state index is 12.9. The zero-order valence-corrected chi connectivity index (χ0v) is 16.6. The highest BCUT2D eigenvalue weighted by atomic mass is 16.5. The van der Waals surface area contributed by atoms with Crippen molar-refractivity contribution in [2.24, 2.45) is 5.92 Å². The highest BCUT2D eigenvalue weighted by molar-refractivity contribution is 6.16. The number of furan rings is 1. The van der Waals surface area contributed by atoms with Crippen LogP contribution in [0.3, 0.4) is 0 Å². The van der Waals surface area contributed by atoms with Crippen LogP contribution in [0, 0.1) is 5.92 Å². The van der Waals surface area contributed by atoms with Crippen LogP contribution in [-0.4, -0.2) is 16.8 Å². The van der Waals surface area contributed by atoms with Crippen LogP contribution in [-0.2, 0) is 9.59 Å². The van der Waals surface area contributed by atoms with Crippen LogP contribution in [0.2, 0.25) is 0 Å². The molecule has 3 aromatic rings. The molecule has 2 heterocycles. The molecule has 0 saturated heterocycles. The van der Waals surface area contributed by atoms with E-state index in [9.17, 15) is 14.7 Å². The Morgan fingerprint density at radius 1 is 1.00 bits per heavy atom. The van der Waals surface area contributed by atoms with E-state index in [0.29, 0.717) is 22.9 Å². The number of carbonyl (C=O) groups excluding carboxylic acids is 2. The predicted molar refractivity (Wildman–Crippen MR) is 111 cm³/mol. The maximum Gasteiger partial charge on any atom is 0.294 e. The van der Waals surface area contributed by atoms with E-state index in [1.807, 2.05) is 30.3 Å². The molecule has 6 heteroatoms. The van der Waals surface area contributed by atoms with Crippen LogP contribution in [0.4, 0.5) is 5.69 Å². The zero-order valence-electron chi connectivity index (χ0n) is 16.6. The van der Waals surface area contributed by atoms with Gasteiger partial charge in [-0.1, -0.05) is 32.0 Å². The number of carbonyl (C=O) groups is 2. The van der Waals surface area contributed by atoms with Gasteiger partial charge in [-0.15, -0.1) is 0 Å². The monoisotopic (exact) mass is 403 g/mol. The van der Waals surface area contributed by atoms with Crippen molar-refractivity contribution in [2.45, 2.75) is 19.9 Å². The highest BCUT2D eigenvalue weighted by Crippen LogP contribution is 2.42. The molecule has 1 unspecified atom stereocenters. The van der Waals surface area contributed by atoms with Crippen molar-refractivity contribution in [3.8, 4) is 11.5 Å². The number of amides is 1. The molecule has 0 spiro atoms. The lowest BCUT2D eigenvalue weighted by Crippen LogP contribution is -2.31. The summed E-state index contributed by atoms with van der Waals surface area (Å²) in [6.45, 7) is 3.45. The van der Waals surface area contributed by atoms with Gasteiger partial charge in [-0.25, -0.2) is 0 Å². The molecule has 1 atom stereocenters. The molecule has 0 bridgehead atoms. The number of nitrogens with zero attached hydrogens (tertiary/aromatic N) is 1. The van der Waals surface area contributed by atoms with Gasteiger partial charge in [-0.05, 0) is 48.5 Å². The molecule has 152 valence electrons. The minimum absolute atomic E-state index is 0.0505. The molecular weight excluding hydrogens is 382 g/mol. The number of hydrogen-bond donors (Lipinski definition) is 1. The third kappa shape index (κ3) is 3.48. The molecule has 0 fully saturated rings. The van der Waals surface area contributed by atoms with E-state index < -0.39 is 17.7 Å². The summed E-state index contributed by atoms with van der Waals surface area (Å²) in [6, 6.07) is 18.8. The SMILES string of the molecule is CC(C)C(=O)C1=C(O)C(=O)N(c2ccc(Oc3ccccc3)cc2)C1c1ccco1. The van der Waals surface area contributed by atoms with Crippen molar-refractivity contribution in [2.75, 3.05) is 4.90 Å². The standard InChI is InChI=1S/C24H21NO5/c1-15(2)22(26)20-21(19-9-6-14-29-19)25(24(28)23(20)27)16-10-12-18(13-11-16)30-17-7-4-3-5-8-17/h3-15,21,27H,1-2H3. The fourth-order valence-corrected chi connectivity index (χ4v) is 3.45. The first-order chi connectivity index (χ1) is 14.5. The van der Waals surface area contributed by atoms with Crippen LogP contribution < -0.4 is 9.64 Å². The Kier molecular flexibility index (Phi) is 5.14. The lowest BCUT2D eigenvalue weighted by atomic mass is 9.94. The summed E-state index contributed by atoms with van der Waals surface area (Å²) in [5.74, 6) is -0.164. The molecule has 0 radical (unpaired) electrons. The van der Waals surface area contributed by atoms with Gasteiger partial charge in [0.05, 0.1) is 11.8 Å². The van der Waals surface area contributed by atoms with E-state index in [1.165, 1.54) is 11.2 Å². The van der Waals surface area contributed by atoms with Gasteiger partial charge in [0.25, 0.3) is 5.91 Å². The highest BCUT2D eigenvalue weighted by Gasteiger charge is 2.46. The smallest absolute Gasteiger partial charge is 0.294 e. The van der Waals surface area contributed by atoms with Crippen molar-refractivity contribution in [3.63, 3.8) is 0 Å². The van der Waals surface area contributed by atoms with E-state index in [2.05, 4.69) is 0 Å².